The number of carbonyl (C=O) groups is 1. The highest BCUT2D eigenvalue weighted by atomic mass is 79.9. The second-order valence-corrected chi connectivity index (χ2v) is 4.19. The Balaban J connectivity index is 2.54. The van der Waals surface area contributed by atoms with Gasteiger partial charge in [-0.1, -0.05) is 33.2 Å². The van der Waals surface area contributed by atoms with Crippen molar-refractivity contribution in [2.45, 2.75) is 6.92 Å². The van der Waals surface area contributed by atoms with E-state index in [0.717, 1.165) is 10.0 Å². The van der Waals surface area contributed by atoms with Crippen LogP contribution in [0.5, 0.6) is 0 Å². The third kappa shape index (κ3) is 1.86. The average molecular weight is 282 g/mol. The number of aryl methyl sites for hydroxylation is 1. The van der Waals surface area contributed by atoms with Crippen molar-refractivity contribution in [3.05, 3.63) is 40.0 Å². The summed E-state index contributed by atoms with van der Waals surface area (Å²) in [5.74, 6) is -0.777. The minimum absolute atomic E-state index is 0.0655. The van der Waals surface area contributed by atoms with E-state index in [1.807, 2.05) is 19.1 Å². The van der Waals surface area contributed by atoms with Gasteiger partial charge in [0.15, 0.2) is 5.76 Å². The largest absolute Gasteiger partial charge is 0.477 e. The molecule has 0 radical (unpaired) electrons. The number of carboxylic acid groups (broad SMARTS) is 1. The van der Waals surface area contributed by atoms with Crippen molar-refractivity contribution in [2.24, 2.45) is 0 Å². The van der Waals surface area contributed by atoms with E-state index in [1.165, 1.54) is 6.20 Å². The Morgan fingerprint density at radius 1 is 1.50 bits per heavy atom. The van der Waals surface area contributed by atoms with Crippen LogP contribution in [-0.4, -0.2) is 16.2 Å². The molecule has 4 nitrogen and oxygen atoms in total. The molecule has 0 unspecified atom stereocenters. The molecule has 1 aromatic heterocycles. The van der Waals surface area contributed by atoms with E-state index in [1.54, 1.807) is 6.07 Å². The second kappa shape index (κ2) is 4.09. The first-order valence-corrected chi connectivity index (χ1v) is 5.33. The summed E-state index contributed by atoms with van der Waals surface area (Å²) in [6, 6.07) is 5.49. The first kappa shape index (κ1) is 10.9. The fourth-order valence-corrected chi connectivity index (χ4v) is 1.71. The highest BCUT2D eigenvalue weighted by Crippen LogP contribution is 2.28. The number of aromatic nitrogens is 1. The van der Waals surface area contributed by atoms with Gasteiger partial charge in [-0.2, -0.15) is 0 Å². The van der Waals surface area contributed by atoms with Crippen molar-refractivity contribution in [3.8, 4) is 11.3 Å². The number of carboxylic acids is 1. The topological polar surface area (TPSA) is 63.3 Å². The third-order valence-corrected chi connectivity index (χ3v) is 3.09. The molecule has 0 bridgehead atoms. The van der Waals surface area contributed by atoms with E-state index in [0.29, 0.717) is 5.56 Å². The normalized spacial score (nSPS) is 10.4. The van der Waals surface area contributed by atoms with Crippen LogP contribution in [0.3, 0.4) is 0 Å². The molecule has 2 rings (SSSR count). The zero-order valence-corrected chi connectivity index (χ0v) is 9.98. The Morgan fingerprint density at radius 2 is 2.25 bits per heavy atom. The Morgan fingerprint density at radius 3 is 2.88 bits per heavy atom. The van der Waals surface area contributed by atoms with Crippen molar-refractivity contribution in [3.63, 3.8) is 0 Å². The molecule has 82 valence electrons. The summed E-state index contributed by atoms with van der Waals surface area (Å²) in [7, 11) is 0. The SMILES string of the molecule is Cc1ccc(-c2oncc2C(=O)O)cc1Br. The molecule has 0 aliphatic heterocycles. The van der Waals surface area contributed by atoms with E-state index in [-0.39, 0.29) is 11.3 Å². The molecule has 1 N–H and O–H groups in total. The van der Waals surface area contributed by atoms with Crippen molar-refractivity contribution in [1.82, 2.24) is 5.16 Å². The highest BCUT2D eigenvalue weighted by Gasteiger charge is 2.17. The van der Waals surface area contributed by atoms with Crippen LogP contribution >= 0.6 is 15.9 Å². The number of aromatic carboxylic acids is 1. The fourth-order valence-electron chi connectivity index (χ4n) is 1.33. The van der Waals surface area contributed by atoms with Crippen molar-refractivity contribution in [2.75, 3.05) is 0 Å². The van der Waals surface area contributed by atoms with Gasteiger partial charge in [-0.05, 0) is 18.6 Å². The van der Waals surface area contributed by atoms with Crippen LogP contribution in [0, 0.1) is 6.92 Å². The van der Waals surface area contributed by atoms with Crippen LogP contribution < -0.4 is 0 Å². The molecule has 0 spiro atoms. The number of nitrogens with zero attached hydrogens (tertiary/aromatic N) is 1. The minimum Gasteiger partial charge on any atom is -0.477 e. The Labute approximate surface area is 100 Å². The van der Waals surface area contributed by atoms with Gasteiger partial charge in [0.05, 0.1) is 6.20 Å². The van der Waals surface area contributed by atoms with Gasteiger partial charge in [-0.3, -0.25) is 0 Å². The van der Waals surface area contributed by atoms with E-state index in [2.05, 4.69) is 21.1 Å². The monoisotopic (exact) mass is 281 g/mol. The highest BCUT2D eigenvalue weighted by molar-refractivity contribution is 9.10. The number of halogens is 1. The summed E-state index contributed by atoms with van der Waals surface area (Å²) < 4.78 is 5.86. The van der Waals surface area contributed by atoms with Crippen molar-refractivity contribution >= 4 is 21.9 Å². The first-order chi connectivity index (χ1) is 7.59. The Kier molecular flexibility index (Phi) is 2.78. The zero-order chi connectivity index (χ0) is 11.7. The van der Waals surface area contributed by atoms with Crippen molar-refractivity contribution in [1.29, 1.82) is 0 Å². The smallest absolute Gasteiger partial charge is 0.341 e. The maximum Gasteiger partial charge on any atom is 0.341 e. The molecule has 0 fully saturated rings. The van der Waals surface area contributed by atoms with E-state index >= 15 is 0 Å². The maximum atomic E-state index is 10.9. The lowest BCUT2D eigenvalue weighted by Gasteiger charge is -2.01. The molecular weight excluding hydrogens is 274 g/mol. The minimum atomic E-state index is -1.05. The van der Waals surface area contributed by atoms with Gasteiger partial charge in [0.2, 0.25) is 0 Å². The summed E-state index contributed by atoms with van der Waals surface area (Å²) in [6.45, 7) is 1.95. The second-order valence-electron chi connectivity index (χ2n) is 3.34. The molecule has 1 heterocycles. The van der Waals surface area contributed by atoms with E-state index < -0.39 is 5.97 Å². The number of hydrogen-bond acceptors (Lipinski definition) is 3. The summed E-state index contributed by atoms with van der Waals surface area (Å²) in [5, 5.41) is 12.4. The van der Waals surface area contributed by atoms with Gasteiger partial charge in [-0.15, -0.1) is 0 Å². The number of rotatable bonds is 2. The van der Waals surface area contributed by atoms with Crippen LogP contribution in [0.15, 0.2) is 33.4 Å². The third-order valence-electron chi connectivity index (χ3n) is 2.23. The molecule has 0 saturated carbocycles. The molecule has 0 saturated heterocycles. The van der Waals surface area contributed by atoms with E-state index in [4.69, 9.17) is 9.63 Å². The summed E-state index contributed by atoms with van der Waals surface area (Å²) in [5.41, 5.74) is 1.82. The molecule has 0 atom stereocenters. The van der Waals surface area contributed by atoms with Gasteiger partial charge in [0.1, 0.15) is 5.56 Å². The molecule has 0 aliphatic carbocycles. The average Bonchev–Trinajstić information content (AvgIpc) is 2.71. The Bertz CT molecular complexity index is 548. The van der Waals surface area contributed by atoms with Crippen LogP contribution in [0.4, 0.5) is 0 Å². The molecule has 16 heavy (non-hydrogen) atoms. The zero-order valence-electron chi connectivity index (χ0n) is 8.40. The maximum absolute atomic E-state index is 10.9. The van der Waals surface area contributed by atoms with Crippen LogP contribution in [0.2, 0.25) is 0 Å². The molecule has 0 aliphatic rings. The van der Waals surface area contributed by atoms with Crippen molar-refractivity contribution < 1.29 is 14.4 Å². The summed E-state index contributed by atoms with van der Waals surface area (Å²) in [4.78, 5) is 10.9. The standard InChI is InChI=1S/C11H8BrNO3/c1-6-2-3-7(4-9(6)12)10-8(11(14)15)5-13-16-10/h2-5H,1H3,(H,14,15). The van der Waals surface area contributed by atoms with Gasteiger partial charge in [0.25, 0.3) is 0 Å². The first-order valence-electron chi connectivity index (χ1n) is 4.54. The molecule has 2 aromatic rings. The van der Waals surface area contributed by atoms with Gasteiger partial charge in [-0.25, -0.2) is 4.79 Å². The molecule has 0 amide bonds. The lowest BCUT2D eigenvalue weighted by molar-refractivity contribution is 0.0697. The van der Waals surface area contributed by atoms with Crippen LogP contribution in [-0.2, 0) is 0 Å². The number of benzene rings is 1. The lowest BCUT2D eigenvalue weighted by Crippen LogP contribution is -1.95. The molecular formula is C11H8BrNO3. The Hall–Kier alpha value is -1.62. The van der Waals surface area contributed by atoms with Gasteiger partial charge in [0, 0.05) is 10.0 Å². The fraction of sp³-hybridized carbons (Fsp3) is 0.0909. The quantitative estimate of drug-likeness (QED) is 0.919. The molecule has 5 heteroatoms. The molecule has 1 aromatic carbocycles. The van der Waals surface area contributed by atoms with E-state index in [9.17, 15) is 4.79 Å². The van der Waals surface area contributed by atoms with Gasteiger partial charge >= 0.3 is 5.97 Å². The predicted molar refractivity (Wildman–Crippen MR) is 61.3 cm³/mol. The lowest BCUT2D eigenvalue weighted by atomic mass is 10.1. The van der Waals surface area contributed by atoms with Crippen LogP contribution in [0.25, 0.3) is 11.3 Å². The summed E-state index contributed by atoms with van der Waals surface area (Å²) >= 11 is 3.38. The van der Waals surface area contributed by atoms with Crippen LogP contribution in [0.1, 0.15) is 15.9 Å². The predicted octanol–water partition coefficient (Wildman–Crippen LogP) is 3.11. The number of hydrogen-bond donors (Lipinski definition) is 1. The summed E-state index contributed by atoms with van der Waals surface area (Å²) in [6.07, 6.45) is 1.20. The van der Waals surface area contributed by atoms with Gasteiger partial charge < -0.3 is 9.63 Å².